The van der Waals surface area contributed by atoms with Gasteiger partial charge in [0.25, 0.3) is 5.91 Å². The number of aromatic nitrogens is 3. The molecular formula is C31H34N4O3. The van der Waals surface area contributed by atoms with Gasteiger partial charge in [-0.1, -0.05) is 42.5 Å². The topological polar surface area (TPSA) is 88.3 Å². The summed E-state index contributed by atoms with van der Waals surface area (Å²) in [5, 5.41) is 18.7. The fourth-order valence-corrected chi connectivity index (χ4v) is 5.63. The van der Waals surface area contributed by atoms with Crippen LogP contribution in [0.25, 0.3) is 11.0 Å². The van der Waals surface area contributed by atoms with Crippen molar-refractivity contribution in [3.63, 3.8) is 0 Å². The Balaban J connectivity index is 1.52. The second kappa shape index (κ2) is 10.0. The minimum atomic E-state index is -0.851. The molecule has 1 aliphatic heterocycles. The molecule has 0 fully saturated rings. The number of aryl methyl sites for hydroxylation is 4. The molecule has 1 aliphatic rings. The van der Waals surface area contributed by atoms with E-state index in [4.69, 9.17) is 0 Å². The highest BCUT2D eigenvalue weighted by atomic mass is 16.4. The summed E-state index contributed by atoms with van der Waals surface area (Å²) in [6, 6.07) is 16.1. The molecule has 0 aliphatic carbocycles. The number of carbonyl (C=O) groups is 2. The average Bonchev–Trinajstić information content (AvgIpc) is 3.34. The van der Waals surface area contributed by atoms with E-state index in [1.807, 2.05) is 67.6 Å². The summed E-state index contributed by atoms with van der Waals surface area (Å²) >= 11 is 0. The molecule has 0 radical (unpaired) electrons. The van der Waals surface area contributed by atoms with Crippen molar-refractivity contribution in [3.8, 4) is 0 Å². The SMILES string of the molecule is CCn1nnc2c(C)c(C(c3ccc4c(c3)CN(C(=O)c3ccc(C)c(C)c3)CC4)C(C)C(=O)O)ccc21. The van der Waals surface area contributed by atoms with Crippen molar-refractivity contribution in [2.45, 2.75) is 60.0 Å². The number of carboxylic acids is 1. The lowest BCUT2D eigenvalue weighted by atomic mass is 9.78. The molecule has 0 spiro atoms. The minimum absolute atomic E-state index is 0.0277. The van der Waals surface area contributed by atoms with Crippen LogP contribution in [0.1, 0.15) is 69.1 Å². The van der Waals surface area contributed by atoms with Crippen molar-refractivity contribution < 1.29 is 14.7 Å². The van der Waals surface area contributed by atoms with Gasteiger partial charge < -0.3 is 10.0 Å². The van der Waals surface area contributed by atoms with E-state index in [0.717, 1.165) is 45.3 Å². The largest absolute Gasteiger partial charge is 0.481 e. The maximum Gasteiger partial charge on any atom is 0.307 e. The predicted molar refractivity (Wildman–Crippen MR) is 147 cm³/mol. The molecule has 38 heavy (non-hydrogen) atoms. The molecule has 7 heteroatoms. The van der Waals surface area contributed by atoms with Gasteiger partial charge in [-0.05, 0) is 91.3 Å². The number of amides is 1. The Bertz CT molecular complexity index is 1550. The summed E-state index contributed by atoms with van der Waals surface area (Å²) in [4.78, 5) is 27.5. The third-order valence-electron chi connectivity index (χ3n) is 8.15. The lowest BCUT2D eigenvalue weighted by molar-refractivity contribution is -0.141. The predicted octanol–water partition coefficient (Wildman–Crippen LogP) is 5.43. The number of carbonyl (C=O) groups excluding carboxylic acids is 1. The normalized spacial score (nSPS) is 14.8. The van der Waals surface area contributed by atoms with E-state index in [0.29, 0.717) is 25.2 Å². The van der Waals surface area contributed by atoms with Crippen LogP contribution in [-0.4, -0.2) is 43.4 Å². The quantitative estimate of drug-likeness (QED) is 0.374. The zero-order chi connectivity index (χ0) is 27.1. The van der Waals surface area contributed by atoms with E-state index < -0.39 is 11.9 Å². The number of fused-ring (bicyclic) bond motifs is 2. The fraction of sp³-hybridized carbons (Fsp3) is 0.355. The maximum atomic E-state index is 13.3. The maximum absolute atomic E-state index is 13.3. The lowest BCUT2D eigenvalue weighted by Crippen LogP contribution is -2.36. The van der Waals surface area contributed by atoms with Crippen LogP contribution in [0.3, 0.4) is 0 Å². The number of aliphatic carboxylic acids is 1. The second-order valence-corrected chi connectivity index (χ2v) is 10.5. The lowest BCUT2D eigenvalue weighted by Gasteiger charge is -2.31. The first-order chi connectivity index (χ1) is 18.2. The number of hydrogen-bond donors (Lipinski definition) is 1. The van der Waals surface area contributed by atoms with Crippen LogP contribution in [0.2, 0.25) is 0 Å². The first kappa shape index (κ1) is 25.6. The number of hydrogen-bond acceptors (Lipinski definition) is 4. The third kappa shape index (κ3) is 4.46. The van der Waals surface area contributed by atoms with Gasteiger partial charge in [-0.3, -0.25) is 9.59 Å². The van der Waals surface area contributed by atoms with Crippen LogP contribution in [0, 0.1) is 26.7 Å². The molecule has 7 nitrogen and oxygen atoms in total. The third-order valence-corrected chi connectivity index (χ3v) is 8.15. The Labute approximate surface area is 223 Å². The number of rotatable bonds is 6. The molecule has 0 saturated carbocycles. The zero-order valence-corrected chi connectivity index (χ0v) is 22.7. The van der Waals surface area contributed by atoms with Gasteiger partial charge in [0.2, 0.25) is 0 Å². The van der Waals surface area contributed by atoms with E-state index in [-0.39, 0.29) is 11.8 Å². The molecule has 5 rings (SSSR count). The molecule has 2 unspecified atom stereocenters. The highest BCUT2D eigenvalue weighted by Crippen LogP contribution is 2.38. The van der Waals surface area contributed by atoms with Gasteiger partial charge in [0, 0.05) is 31.1 Å². The van der Waals surface area contributed by atoms with Gasteiger partial charge in [0.1, 0.15) is 5.52 Å². The first-order valence-corrected chi connectivity index (χ1v) is 13.2. The first-order valence-electron chi connectivity index (χ1n) is 13.2. The van der Waals surface area contributed by atoms with Crippen LogP contribution < -0.4 is 0 Å². The highest BCUT2D eigenvalue weighted by molar-refractivity contribution is 5.94. The van der Waals surface area contributed by atoms with Gasteiger partial charge in [-0.2, -0.15) is 0 Å². The van der Waals surface area contributed by atoms with Crippen LogP contribution in [0.5, 0.6) is 0 Å². The monoisotopic (exact) mass is 510 g/mol. The van der Waals surface area contributed by atoms with Gasteiger partial charge in [0.15, 0.2) is 0 Å². The van der Waals surface area contributed by atoms with Gasteiger partial charge >= 0.3 is 5.97 Å². The van der Waals surface area contributed by atoms with E-state index >= 15 is 0 Å². The van der Waals surface area contributed by atoms with Gasteiger partial charge in [-0.15, -0.1) is 5.10 Å². The molecule has 4 aromatic rings. The van der Waals surface area contributed by atoms with Gasteiger partial charge in [0.05, 0.1) is 11.4 Å². The van der Waals surface area contributed by atoms with Crippen LogP contribution in [-0.2, 0) is 24.3 Å². The molecule has 2 heterocycles. The van der Waals surface area contributed by atoms with E-state index in [9.17, 15) is 14.7 Å². The number of benzene rings is 3. The minimum Gasteiger partial charge on any atom is -0.481 e. The Morgan fingerprint density at radius 3 is 2.50 bits per heavy atom. The standard InChI is InChI=1S/C31H34N4O3/c1-6-35-27-12-11-26(20(4)29(27)32-33-35)28(21(5)31(37)38)23-10-9-22-13-14-34(17-25(22)16-23)30(36)24-8-7-18(2)19(3)15-24/h7-12,15-16,21,28H,6,13-14,17H2,1-5H3,(H,37,38). The van der Waals surface area contributed by atoms with Crippen molar-refractivity contribution in [3.05, 3.63) is 93.0 Å². The Morgan fingerprint density at radius 2 is 1.79 bits per heavy atom. The summed E-state index contributed by atoms with van der Waals surface area (Å²) in [5.41, 5.74) is 9.82. The van der Waals surface area contributed by atoms with E-state index in [1.165, 1.54) is 11.1 Å². The Hall–Kier alpha value is -4.00. The van der Waals surface area contributed by atoms with Crippen molar-refractivity contribution in [1.29, 1.82) is 0 Å². The zero-order valence-electron chi connectivity index (χ0n) is 22.7. The molecule has 0 bridgehead atoms. The number of nitrogens with zero attached hydrogens (tertiary/aromatic N) is 4. The Morgan fingerprint density at radius 1 is 1.00 bits per heavy atom. The summed E-state index contributed by atoms with van der Waals surface area (Å²) in [6.07, 6.45) is 0.774. The molecular weight excluding hydrogens is 476 g/mol. The fourth-order valence-electron chi connectivity index (χ4n) is 5.63. The van der Waals surface area contributed by atoms with Crippen LogP contribution in [0.15, 0.2) is 48.5 Å². The summed E-state index contributed by atoms with van der Waals surface area (Å²) in [5.74, 6) is -1.84. The molecule has 3 aromatic carbocycles. The van der Waals surface area contributed by atoms with Crippen molar-refractivity contribution >= 4 is 22.9 Å². The smallest absolute Gasteiger partial charge is 0.307 e. The molecule has 2 atom stereocenters. The molecule has 196 valence electrons. The van der Waals surface area contributed by atoms with Crippen LogP contribution in [0.4, 0.5) is 0 Å². The van der Waals surface area contributed by atoms with E-state index in [1.54, 1.807) is 6.92 Å². The highest BCUT2D eigenvalue weighted by Gasteiger charge is 2.31. The van der Waals surface area contributed by atoms with Gasteiger partial charge in [-0.25, -0.2) is 4.68 Å². The van der Waals surface area contributed by atoms with Crippen LogP contribution >= 0.6 is 0 Å². The summed E-state index contributed by atoms with van der Waals surface area (Å²) in [7, 11) is 0. The van der Waals surface area contributed by atoms with Crippen molar-refractivity contribution in [2.75, 3.05) is 6.54 Å². The average molecular weight is 511 g/mol. The van der Waals surface area contributed by atoms with E-state index in [2.05, 4.69) is 28.5 Å². The van der Waals surface area contributed by atoms with Crippen molar-refractivity contribution in [2.24, 2.45) is 5.92 Å². The van der Waals surface area contributed by atoms with Crippen molar-refractivity contribution in [1.82, 2.24) is 19.9 Å². The summed E-state index contributed by atoms with van der Waals surface area (Å²) < 4.78 is 1.85. The molecule has 1 N–H and O–H groups in total. The molecule has 1 aromatic heterocycles. The summed E-state index contributed by atoms with van der Waals surface area (Å²) in [6.45, 7) is 11.7. The second-order valence-electron chi connectivity index (χ2n) is 10.5. The Kier molecular flexibility index (Phi) is 6.78. The number of carboxylic acid groups (broad SMARTS) is 1. The molecule has 0 saturated heterocycles. The molecule has 1 amide bonds.